The van der Waals surface area contributed by atoms with Gasteiger partial charge in [0, 0.05) is 11.4 Å². The third kappa shape index (κ3) is 3.11. The van der Waals surface area contributed by atoms with Crippen LogP contribution in [0.15, 0.2) is 36.4 Å². The van der Waals surface area contributed by atoms with Gasteiger partial charge in [-0.15, -0.1) is 0 Å². The molecule has 0 aromatic heterocycles. The normalized spacial score (nSPS) is 16.9. The van der Waals surface area contributed by atoms with Gasteiger partial charge in [-0.25, -0.2) is 4.39 Å². The summed E-state index contributed by atoms with van der Waals surface area (Å²) in [4.78, 5) is 0. The molecule has 21 heavy (non-hydrogen) atoms. The Hall–Kier alpha value is -1.41. The number of benzene rings is 2. The summed E-state index contributed by atoms with van der Waals surface area (Å²) in [5.41, 5.74) is 1.26. The molecule has 1 fully saturated rings. The van der Waals surface area contributed by atoms with Crippen molar-refractivity contribution in [2.75, 3.05) is 6.54 Å². The van der Waals surface area contributed by atoms with E-state index in [1.165, 1.54) is 31.2 Å². The Kier molecular flexibility index (Phi) is 4.54. The maximum Gasteiger partial charge on any atom is 0.131 e. The van der Waals surface area contributed by atoms with Gasteiger partial charge in [-0.3, -0.25) is 0 Å². The molecular weight excluding hydrogens is 261 g/mol. The van der Waals surface area contributed by atoms with E-state index in [0.717, 1.165) is 29.7 Å². The van der Waals surface area contributed by atoms with Gasteiger partial charge >= 0.3 is 0 Å². The van der Waals surface area contributed by atoms with Gasteiger partial charge < -0.3 is 5.32 Å². The molecule has 1 saturated carbocycles. The minimum atomic E-state index is -0.118. The van der Waals surface area contributed by atoms with Crippen LogP contribution in [0.4, 0.5) is 4.39 Å². The summed E-state index contributed by atoms with van der Waals surface area (Å²) in [7, 11) is 0. The first kappa shape index (κ1) is 14.5. The first-order valence-corrected chi connectivity index (χ1v) is 8.20. The molecule has 1 N–H and O–H groups in total. The molecule has 1 aliphatic rings. The molecule has 0 radical (unpaired) electrons. The Bertz CT molecular complexity index is 604. The molecule has 1 aliphatic carbocycles. The SMILES string of the molecule is CCCNC(CC1CCC1)c1ccc(F)c2ccccc12. The molecule has 0 saturated heterocycles. The van der Waals surface area contributed by atoms with Crippen LogP contribution in [0.1, 0.15) is 50.6 Å². The zero-order valence-electron chi connectivity index (χ0n) is 12.7. The van der Waals surface area contributed by atoms with E-state index in [0.29, 0.717) is 6.04 Å². The Morgan fingerprint density at radius 2 is 1.90 bits per heavy atom. The van der Waals surface area contributed by atoms with Crippen molar-refractivity contribution in [3.8, 4) is 0 Å². The Morgan fingerprint density at radius 1 is 1.14 bits per heavy atom. The van der Waals surface area contributed by atoms with Gasteiger partial charge in [0.1, 0.15) is 5.82 Å². The molecule has 0 spiro atoms. The summed E-state index contributed by atoms with van der Waals surface area (Å²) in [5.74, 6) is 0.718. The third-order valence-electron chi connectivity index (χ3n) is 4.71. The number of halogens is 1. The first-order valence-electron chi connectivity index (χ1n) is 8.20. The van der Waals surface area contributed by atoms with Crippen LogP contribution in [-0.4, -0.2) is 6.54 Å². The third-order valence-corrected chi connectivity index (χ3v) is 4.71. The van der Waals surface area contributed by atoms with E-state index in [1.807, 2.05) is 24.3 Å². The van der Waals surface area contributed by atoms with Gasteiger partial charge in [0.05, 0.1) is 0 Å². The monoisotopic (exact) mass is 285 g/mol. The van der Waals surface area contributed by atoms with Gasteiger partial charge in [-0.1, -0.05) is 56.5 Å². The summed E-state index contributed by atoms with van der Waals surface area (Å²) in [5, 5.41) is 5.48. The first-order chi connectivity index (χ1) is 10.3. The Labute approximate surface area is 126 Å². The lowest BCUT2D eigenvalue weighted by molar-refractivity contribution is 0.261. The highest BCUT2D eigenvalue weighted by atomic mass is 19.1. The zero-order valence-corrected chi connectivity index (χ0v) is 12.7. The van der Waals surface area contributed by atoms with Crippen LogP contribution in [0.5, 0.6) is 0 Å². The predicted octanol–water partition coefficient (Wildman–Crippen LogP) is 5.21. The van der Waals surface area contributed by atoms with Crippen molar-refractivity contribution < 1.29 is 4.39 Å². The fourth-order valence-electron chi connectivity index (χ4n) is 3.29. The number of nitrogens with one attached hydrogen (secondary N) is 1. The summed E-state index contributed by atoms with van der Waals surface area (Å²) in [6.07, 6.45) is 6.37. The van der Waals surface area contributed by atoms with Crippen molar-refractivity contribution in [3.05, 3.63) is 47.8 Å². The van der Waals surface area contributed by atoms with E-state index in [1.54, 1.807) is 6.07 Å². The maximum atomic E-state index is 14.0. The largest absolute Gasteiger partial charge is 0.310 e. The molecule has 2 heteroatoms. The topological polar surface area (TPSA) is 12.0 Å². The van der Waals surface area contributed by atoms with E-state index in [-0.39, 0.29) is 5.82 Å². The van der Waals surface area contributed by atoms with E-state index in [2.05, 4.69) is 18.3 Å². The van der Waals surface area contributed by atoms with Crippen molar-refractivity contribution in [1.29, 1.82) is 0 Å². The van der Waals surface area contributed by atoms with Crippen molar-refractivity contribution >= 4 is 10.8 Å². The van der Waals surface area contributed by atoms with Gasteiger partial charge in [-0.2, -0.15) is 0 Å². The number of fused-ring (bicyclic) bond motifs is 1. The van der Waals surface area contributed by atoms with E-state index >= 15 is 0 Å². The quantitative estimate of drug-likeness (QED) is 0.768. The van der Waals surface area contributed by atoms with Crippen molar-refractivity contribution in [2.45, 2.75) is 45.1 Å². The second kappa shape index (κ2) is 6.57. The lowest BCUT2D eigenvalue weighted by atomic mass is 9.79. The smallest absolute Gasteiger partial charge is 0.131 e. The summed E-state index contributed by atoms with van der Waals surface area (Å²) >= 11 is 0. The number of hydrogen-bond acceptors (Lipinski definition) is 1. The molecule has 0 aliphatic heterocycles. The van der Waals surface area contributed by atoms with E-state index in [4.69, 9.17) is 0 Å². The number of hydrogen-bond donors (Lipinski definition) is 1. The average Bonchev–Trinajstić information content (AvgIpc) is 2.47. The van der Waals surface area contributed by atoms with Crippen molar-refractivity contribution in [2.24, 2.45) is 5.92 Å². The van der Waals surface area contributed by atoms with Gasteiger partial charge in [0.15, 0.2) is 0 Å². The second-order valence-corrected chi connectivity index (χ2v) is 6.22. The highest BCUT2D eigenvalue weighted by Gasteiger charge is 2.24. The molecule has 0 amide bonds. The fraction of sp³-hybridized carbons (Fsp3) is 0.474. The van der Waals surface area contributed by atoms with Crippen LogP contribution < -0.4 is 5.32 Å². The molecule has 112 valence electrons. The molecule has 3 rings (SSSR count). The van der Waals surface area contributed by atoms with E-state index in [9.17, 15) is 4.39 Å². The minimum absolute atomic E-state index is 0.118. The zero-order chi connectivity index (χ0) is 14.7. The van der Waals surface area contributed by atoms with Crippen LogP contribution in [0.3, 0.4) is 0 Å². The molecule has 1 atom stereocenters. The van der Waals surface area contributed by atoms with Gasteiger partial charge in [0.2, 0.25) is 0 Å². The molecular formula is C19H24FN. The van der Waals surface area contributed by atoms with Gasteiger partial charge in [0.25, 0.3) is 0 Å². The molecule has 1 nitrogen and oxygen atoms in total. The number of rotatable bonds is 6. The molecule has 2 aromatic rings. The lowest BCUT2D eigenvalue weighted by Gasteiger charge is -2.31. The molecule has 0 bridgehead atoms. The van der Waals surface area contributed by atoms with Gasteiger partial charge in [-0.05, 0) is 42.3 Å². The second-order valence-electron chi connectivity index (χ2n) is 6.22. The van der Waals surface area contributed by atoms with Crippen LogP contribution in [0.25, 0.3) is 10.8 Å². The lowest BCUT2D eigenvalue weighted by Crippen LogP contribution is -2.27. The summed E-state index contributed by atoms with van der Waals surface area (Å²) in [6.45, 7) is 3.21. The molecule has 0 heterocycles. The minimum Gasteiger partial charge on any atom is -0.310 e. The predicted molar refractivity (Wildman–Crippen MR) is 86.9 cm³/mol. The Balaban J connectivity index is 1.95. The molecule has 2 aromatic carbocycles. The molecule has 1 unspecified atom stereocenters. The van der Waals surface area contributed by atoms with Crippen LogP contribution >= 0.6 is 0 Å². The highest BCUT2D eigenvalue weighted by Crippen LogP contribution is 2.37. The van der Waals surface area contributed by atoms with Crippen molar-refractivity contribution in [3.63, 3.8) is 0 Å². The summed E-state index contributed by atoms with van der Waals surface area (Å²) < 4.78 is 14.0. The van der Waals surface area contributed by atoms with E-state index < -0.39 is 0 Å². The maximum absolute atomic E-state index is 14.0. The van der Waals surface area contributed by atoms with Crippen LogP contribution in [-0.2, 0) is 0 Å². The van der Waals surface area contributed by atoms with Crippen molar-refractivity contribution in [1.82, 2.24) is 5.32 Å². The average molecular weight is 285 g/mol. The van der Waals surface area contributed by atoms with Crippen LogP contribution in [0.2, 0.25) is 0 Å². The Morgan fingerprint density at radius 3 is 2.57 bits per heavy atom. The standard InChI is InChI=1S/C19H24FN/c1-2-12-21-19(13-14-6-5-7-14)17-10-11-18(20)16-9-4-3-8-15(16)17/h3-4,8-11,14,19,21H,2,5-7,12-13H2,1H3. The summed E-state index contributed by atoms with van der Waals surface area (Å²) in [6, 6.07) is 11.8. The highest BCUT2D eigenvalue weighted by molar-refractivity contribution is 5.86. The van der Waals surface area contributed by atoms with Crippen LogP contribution in [0, 0.1) is 11.7 Å². The fourth-order valence-corrected chi connectivity index (χ4v) is 3.29.